The molecule has 0 unspecified atom stereocenters. The lowest BCUT2D eigenvalue weighted by Crippen LogP contribution is -2.56. The van der Waals surface area contributed by atoms with Crippen molar-refractivity contribution in [3.63, 3.8) is 0 Å². The van der Waals surface area contributed by atoms with Crippen LogP contribution in [-0.2, 0) is 5.41 Å². The molecular formula is C22H22Br2. The Bertz CT molecular complexity index is 669. The maximum absolute atomic E-state index is 3.62. The third-order valence-electron chi connectivity index (χ3n) is 7.07. The van der Waals surface area contributed by atoms with Crippen molar-refractivity contribution < 1.29 is 0 Å². The van der Waals surface area contributed by atoms with Crippen molar-refractivity contribution in [1.82, 2.24) is 0 Å². The third kappa shape index (κ3) is 2.22. The SMILES string of the molecule is Brc1ccc(C2(c3ccc(Br)cc3)C3CC4CC(C3)CC2C4)cc1. The first kappa shape index (κ1) is 15.6. The Morgan fingerprint density at radius 3 is 1.33 bits per heavy atom. The van der Waals surface area contributed by atoms with Gasteiger partial charge >= 0.3 is 0 Å². The first-order chi connectivity index (χ1) is 11.7. The molecule has 0 atom stereocenters. The molecule has 2 aromatic carbocycles. The van der Waals surface area contributed by atoms with Crippen LogP contribution in [0.5, 0.6) is 0 Å². The van der Waals surface area contributed by atoms with E-state index < -0.39 is 0 Å². The largest absolute Gasteiger partial charge is 0.0570 e. The van der Waals surface area contributed by atoms with Gasteiger partial charge in [-0.2, -0.15) is 0 Å². The molecule has 4 bridgehead atoms. The Kier molecular flexibility index (Phi) is 3.72. The van der Waals surface area contributed by atoms with Gasteiger partial charge in [0.25, 0.3) is 0 Å². The van der Waals surface area contributed by atoms with Gasteiger partial charge in [-0.1, -0.05) is 56.1 Å². The van der Waals surface area contributed by atoms with Crippen molar-refractivity contribution in [1.29, 1.82) is 0 Å². The van der Waals surface area contributed by atoms with Crippen molar-refractivity contribution in [2.24, 2.45) is 23.7 Å². The van der Waals surface area contributed by atoms with Crippen molar-refractivity contribution in [2.45, 2.75) is 37.5 Å². The monoisotopic (exact) mass is 444 g/mol. The molecular weight excluding hydrogens is 424 g/mol. The molecule has 0 aromatic heterocycles. The molecule has 0 aliphatic heterocycles. The Labute approximate surface area is 161 Å². The van der Waals surface area contributed by atoms with E-state index in [0.29, 0.717) is 0 Å². The molecule has 6 rings (SSSR count). The summed E-state index contributed by atoms with van der Waals surface area (Å²) < 4.78 is 2.36. The normalized spacial score (nSPS) is 32.9. The van der Waals surface area contributed by atoms with Crippen LogP contribution in [0.25, 0.3) is 0 Å². The van der Waals surface area contributed by atoms with Crippen LogP contribution in [0, 0.1) is 23.7 Å². The summed E-state index contributed by atoms with van der Waals surface area (Å²) in [7, 11) is 0. The van der Waals surface area contributed by atoms with E-state index in [9.17, 15) is 0 Å². The van der Waals surface area contributed by atoms with Gasteiger partial charge in [0.15, 0.2) is 0 Å². The lowest BCUT2D eigenvalue weighted by atomic mass is 9.42. The van der Waals surface area contributed by atoms with Gasteiger partial charge in [-0.3, -0.25) is 0 Å². The molecule has 2 aromatic rings. The van der Waals surface area contributed by atoms with Gasteiger partial charge in [-0.05, 0) is 91.2 Å². The van der Waals surface area contributed by atoms with Crippen LogP contribution in [0.4, 0.5) is 0 Å². The predicted molar refractivity (Wildman–Crippen MR) is 106 cm³/mol. The van der Waals surface area contributed by atoms with Crippen LogP contribution in [0.1, 0.15) is 43.2 Å². The van der Waals surface area contributed by atoms with Crippen molar-refractivity contribution in [2.75, 3.05) is 0 Å². The van der Waals surface area contributed by atoms with E-state index in [1.165, 1.54) is 41.0 Å². The van der Waals surface area contributed by atoms with Gasteiger partial charge in [0.1, 0.15) is 0 Å². The molecule has 0 amide bonds. The number of benzene rings is 2. The number of rotatable bonds is 2. The van der Waals surface area contributed by atoms with E-state index in [0.717, 1.165) is 23.7 Å². The second-order valence-corrected chi connectivity index (χ2v) is 10.0. The van der Waals surface area contributed by atoms with Crippen LogP contribution < -0.4 is 0 Å². The van der Waals surface area contributed by atoms with E-state index in [1.807, 2.05) is 0 Å². The topological polar surface area (TPSA) is 0 Å². The summed E-state index contributed by atoms with van der Waals surface area (Å²) in [5.74, 6) is 3.62. The van der Waals surface area contributed by atoms with E-state index in [2.05, 4.69) is 80.4 Å². The minimum Gasteiger partial charge on any atom is -0.0570 e. The third-order valence-corrected chi connectivity index (χ3v) is 8.13. The molecule has 4 aliphatic rings. The summed E-state index contributed by atoms with van der Waals surface area (Å²) >= 11 is 7.25. The minimum absolute atomic E-state index is 0.231. The lowest BCUT2D eigenvalue weighted by Gasteiger charge is -2.62. The molecule has 0 spiro atoms. The summed E-state index contributed by atoms with van der Waals surface area (Å²) in [5, 5.41) is 0. The maximum atomic E-state index is 3.62. The lowest BCUT2D eigenvalue weighted by molar-refractivity contribution is -0.0418. The van der Waals surface area contributed by atoms with Crippen LogP contribution in [0.15, 0.2) is 57.5 Å². The summed E-state index contributed by atoms with van der Waals surface area (Å²) in [6.07, 6.45) is 7.22. The fourth-order valence-corrected chi connectivity index (χ4v) is 7.02. The smallest absolute Gasteiger partial charge is 0.0259 e. The average Bonchev–Trinajstić information content (AvgIpc) is 2.57. The molecule has 0 N–H and O–H groups in total. The quantitative estimate of drug-likeness (QED) is 0.468. The number of halogens is 2. The minimum atomic E-state index is 0.231. The fourth-order valence-electron chi connectivity index (χ4n) is 6.49. The van der Waals surface area contributed by atoms with Crippen molar-refractivity contribution in [3.05, 3.63) is 68.6 Å². The highest BCUT2D eigenvalue weighted by atomic mass is 79.9. The zero-order valence-corrected chi connectivity index (χ0v) is 16.9. The van der Waals surface area contributed by atoms with Crippen LogP contribution in [0.2, 0.25) is 0 Å². The highest BCUT2D eigenvalue weighted by molar-refractivity contribution is 9.10. The molecule has 0 radical (unpaired) electrons. The second-order valence-electron chi connectivity index (χ2n) is 8.19. The van der Waals surface area contributed by atoms with Crippen LogP contribution >= 0.6 is 31.9 Å². The zero-order valence-electron chi connectivity index (χ0n) is 13.7. The van der Waals surface area contributed by atoms with Gasteiger partial charge in [0.2, 0.25) is 0 Å². The fraction of sp³-hybridized carbons (Fsp3) is 0.455. The van der Waals surface area contributed by atoms with E-state index in [4.69, 9.17) is 0 Å². The molecule has 4 aliphatic carbocycles. The van der Waals surface area contributed by atoms with Gasteiger partial charge < -0.3 is 0 Å². The summed E-state index contributed by atoms with van der Waals surface area (Å²) in [5.41, 5.74) is 3.32. The first-order valence-electron chi connectivity index (χ1n) is 9.18. The van der Waals surface area contributed by atoms with Crippen molar-refractivity contribution in [3.8, 4) is 0 Å². The summed E-state index contributed by atoms with van der Waals surface area (Å²) in [4.78, 5) is 0. The van der Waals surface area contributed by atoms with Gasteiger partial charge in [0, 0.05) is 14.4 Å². The highest BCUT2D eigenvalue weighted by Crippen LogP contribution is 2.65. The summed E-state index contributed by atoms with van der Waals surface area (Å²) in [6.45, 7) is 0. The average molecular weight is 446 g/mol. The first-order valence-corrected chi connectivity index (χ1v) is 10.8. The molecule has 2 heteroatoms. The highest BCUT2D eigenvalue weighted by Gasteiger charge is 2.58. The Balaban J connectivity index is 1.72. The summed E-state index contributed by atoms with van der Waals surface area (Å²) in [6, 6.07) is 18.5. The Morgan fingerprint density at radius 2 is 0.958 bits per heavy atom. The molecule has 24 heavy (non-hydrogen) atoms. The zero-order chi connectivity index (χ0) is 16.3. The standard InChI is InChI=1S/C22H22Br2/c23-20-5-1-16(2-6-20)22(17-3-7-21(24)8-4-17)18-10-14-9-15(12-18)13-19(22)11-14/h1-8,14-15,18-19H,9-13H2. The Hall–Kier alpha value is -0.600. The van der Waals surface area contributed by atoms with Gasteiger partial charge in [0.05, 0.1) is 0 Å². The van der Waals surface area contributed by atoms with E-state index in [-0.39, 0.29) is 5.41 Å². The van der Waals surface area contributed by atoms with Gasteiger partial charge in [-0.25, -0.2) is 0 Å². The molecule has 0 heterocycles. The number of hydrogen-bond acceptors (Lipinski definition) is 0. The predicted octanol–water partition coefficient (Wildman–Crippen LogP) is 6.95. The second kappa shape index (κ2) is 5.71. The van der Waals surface area contributed by atoms with Crippen molar-refractivity contribution >= 4 is 31.9 Å². The Morgan fingerprint density at radius 1 is 0.583 bits per heavy atom. The molecule has 0 saturated heterocycles. The molecule has 4 saturated carbocycles. The van der Waals surface area contributed by atoms with Crippen LogP contribution in [-0.4, -0.2) is 0 Å². The molecule has 124 valence electrons. The van der Waals surface area contributed by atoms with Gasteiger partial charge in [-0.15, -0.1) is 0 Å². The molecule has 0 nitrogen and oxygen atoms in total. The maximum Gasteiger partial charge on any atom is 0.0259 e. The number of hydrogen-bond donors (Lipinski definition) is 0. The van der Waals surface area contributed by atoms with E-state index in [1.54, 1.807) is 11.1 Å². The van der Waals surface area contributed by atoms with E-state index >= 15 is 0 Å². The van der Waals surface area contributed by atoms with Crippen LogP contribution in [0.3, 0.4) is 0 Å². The molecule has 4 fully saturated rings.